The largest absolute Gasteiger partial charge is 0.504 e. The molecule has 2 aliphatic rings. The zero-order valence-corrected chi connectivity index (χ0v) is 28.3. The lowest BCUT2D eigenvalue weighted by Crippen LogP contribution is -2.51. The Kier molecular flexibility index (Phi) is 9.12. The number of anilines is 2. The summed E-state index contributed by atoms with van der Waals surface area (Å²) in [5, 5.41) is 17.9. The Balaban J connectivity index is 1.25. The van der Waals surface area contributed by atoms with Crippen LogP contribution in [-0.2, 0) is 28.7 Å². The Morgan fingerprint density at radius 3 is 2.48 bits per heavy atom. The Hall–Kier alpha value is -5.84. The minimum atomic E-state index is -4.59. The fourth-order valence-corrected chi connectivity index (χ4v) is 6.69. The quantitative estimate of drug-likeness (QED) is 0.253. The SMILES string of the molecule is CCc1c(N2CCN(C(=O)c3ncnc(C)c3O)CC2)c(=O)n2nc(C3=CCOCC3)nc2n1CC(=O)Nc1ccc(C(F)(F)F)c2ccccc12. The van der Waals surface area contributed by atoms with E-state index in [1.165, 1.54) is 40.0 Å². The lowest BCUT2D eigenvalue weighted by Gasteiger charge is -2.36. The van der Waals surface area contributed by atoms with Gasteiger partial charge in [0.25, 0.3) is 11.5 Å². The summed E-state index contributed by atoms with van der Waals surface area (Å²) in [7, 11) is 0. The predicted molar refractivity (Wildman–Crippen MR) is 184 cm³/mol. The molecular weight excluding hydrogens is 683 g/mol. The third kappa shape index (κ3) is 6.31. The molecule has 1 fully saturated rings. The summed E-state index contributed by atoms with van der Waals surface area (Å²) in [6.07, 6.45) is -0.703. The molecule has 14 nitrogen and oxygen atoms in total. The molecule has 52 heavy (non-hydrogen) atoms. The van der Waals surface area contributed by atoms with Crippen LogP contribution in [0, 0.1) is 6.92 Å². The number of amides is 2. The van der Waals surface area contributed by atoms with Gasteiger partial charge in [-0.15, -0.1) is 5.10 Å². The van der Waals surface area contributed by atoms with Gasteiger partial charge in [-0.05, 0) is 42.9 Å². The van der Waals surface area contributed by atoms with E-state index in [1.54, 1.807) is 17.6 Å². The number of aromatic hydroxyl groups is 1. The van der Waals surface area contributed by atoms with Crippen LogP contribution in [0.2, 0.25) is 0 Å². The lowest BCUT2D eigenvalue weighted by atomic mass is 10.0. The highest BCUT2D eigenvalue weighted by molar-refractivity contribution is 6.03. The third-order valence-corrected chi connectivity index (χ3v) is 9.31. The molecule has 2 aromatic carbocycles. The van der Waals surface area contributed by atoms with E-state index in [-0.39, 0.29) is 77.8 Å². The molecule has 3 aromatic heterocycles. The standard InChI is InChI=1S/C35H34F3N9O5/c1-3-26-29(44-12-14-45(15-13-44)32(50)28-30(49)20(2)39-19-40-28)33(51)47-34(42-31(43-47)21-10-16-52-17-11-21)46(26)18-27(48)41-25-9-8-24(35(36,37)38)22-6-4-5-7-23(22)25/h4-10,19,49H,3,11-18H2,1-2H3,(H,41,48). The molecule has 0 bridgehead atoms. The van der Waals surface area contributed by atoms with Gasteiger partial charge in [-0.2, -0.15) is 22.7 Å². The maximum absolute atomic E-state index is 14.2. The van der Waals surface area contributed by atoms with Crippen LogP contribution in [0.4, 0.5) is 24.5 Å². The molecule has 2 N–H and O–H groups in total. The van der Waals surface area contributed by atoms with Gasteiger partial charge in [0.1, 0.15) is 18.6 Å². The number of rotatable bonds is 7. The number of benzene rings is 2. The fourth-order valence-electron chi connectivity index (χ4n) is 6.69. The van der Waals surface area contributed by atoms with E-state index >= 15 is 0 Å². The Bertz CT molecular complexity index is 2310. The summed E-state index contributed by atoms with van der Waals surface area (Å²) >= 11 is 0. The van der Waals surface area contributed by atoms with Gasteiger partial charge in [-0.3, -0.25) is 14.4 Å². The normalized spacial score (nSPS) is 15.3. The van der Waals surface area contributed by atoms with Gasteiger partial charge in [-0.25, -0.2) is 9.97 Å². The third-order valence-electron chi connectivity index (χ3n) is 9.31. The van der Waals surface area contributed by atoms with Crippen molar-refractivity contribution in [3.05, 3.63) is 87.6 Å². The predicted octanol–water partition coefficient (Wildman–Crippen LogP) is 3.83. The molecule has 5 aromatic rings. The summed E-state index contributed by atoms with van der Waals surface area (Å²) in [6.45, 7) is 4.80. The second kappa shape index (κ2) is 13.7. The summed E-state index contributed by atoms with van der Waals surface area (Å²) in [5.74, 6) is -0.868. The average Bonchev–Trinajstić information content (AvgIpc) is 3.60. The highest BCUT2D eigenvalue weighted by Crippen LogP contribution is 2.37. The first kappa shape index (κ1) is 34.6. The van der Waals surface area contributed by atoms with Gasteiger partial charge in [0, 0.05) is 37.3 Å². The zero-order valence-electron chi connectivity index (χ0n) is 28.3. The molecule has 0 saturated carbocycles. The van der Waals surface area contributed by atoms with E-state index in [1.807, 2.05) is 17.9 Å². The molecule has 0 atom stereocenters. The number of carbonyl (C=O) groups excluding carboxylic acids is 2. The van der Waals surface area contributed by atoms with Gasteiger partial charge in [-0.1, -0.05) is 37.3 Å². The Labute approximate surface area is 294 Å². The minimum Gasteiger partial charge on any atom is -0.504 e. The van der Waals surface area contributed by atoms with Crippen LogP contribution >= 0.6 is 0 Å². The van der Waals surface area contributed by atoms with Crippen molar-refractivity contribution in [3.63, 3.8) is 0 Å². The van der Waals surface area contributed by atoms with Crippen molar-refractivity contribution in [2.75, 3.05) is 49.6 Å². The Morgan fingerprint density at radius 1 is 1.04 bits per heavy atom. The monoisotopic (exact) mass is 717 g/mol. The number of halogens is 3. The van der Waals surface area contributed by atoms with Crippen molar-refractivity contribution in [1.29, 1.82) is 0 Å². The maximum Gasteiger partial charge on any atom is 0.417 e. The van der Waals surface area contributed by atoms with Crippen LogP contribution < -0.4 is 15.8 Å². The fraction of sp³-hybridized carbons (Fsp3) is 0.343. The molecule has 0 spiro atoms. The Morgan fingerprint density at radius 2 is 1.79 bits per heavy atom. The van der Waals surface area contributed by atoms with Crippen molar-refractivity contribution in [2.45, 2.75) is 39.4 Å². The molecule has 17 heteroatoms. The van der Waals surface area contributed by atoms with Crippen molar-refractivity contribution >= 4 is 45.3 Å². The van der Waals surface area contributed by atoms with Gasteiger partial charge in [0.05, 0.1) is 30.2 Å². The summed E-state index contributed by atoms with van der Waals surface area (Å²) in [5.41, 5.74) is 0.668. The van der Waals surface area contributed by atoms with E-state index in [4.69, 9.17) is 9.72 Å². The number of hydrogen-bond donors (Lipinski definition) is 2. The summed E-state index contributed by atoms with van der Waals surface area (Å²) in [4.78, 5) is 57.3. The first-order valence-electron chi connectivity index (χ1n) is 16.7. The van der Waals surface area contributed by atoms with Crippen molar-refractivity contribution in [2.24, 2.45) is 0 Å². The molecule has 2 amide bonds. The second-order valence-corrected chi connectivity index (χ2v) is 12.4. The van der Waals surface area contributed by atoms with Gasteiger partial charge in [0.15, 0.2) is 17.3 Å². The number of hydrogen-bond acceptors (Lipinski definition) is 10. The average molecular weight is 718 g/mol. The molecular formula is C35H34F3N9O5. The van der Waals surface area contributed by atoms with Crippen LogP contribution in [0.15, 0.2) is 53.6 Å². The van der Waals surface area contributed by atoms with Crippen LogP contribution in [0.3, 0.4) is 0 Å². The topological polar surface area (TPSA) is 160 Å². The minimum absolute atomic E-state index is 0.0513. The molecule has 0 radical (unpaired) electrons. The van der Waals surface area contributed by atoms with Gasteiger partial charge >= 0.3 is 6.18 Å². The van der Waals surface area contributed by atoms with E-state index in [9.17, 15) is 32.7 Å². The smallest absolute Gasteiger partial charge is 0.417 e. The molecule has 0 unspecified atom stereocenters. The number of ether oxygens (including phenoxy) is 1. The van der Waals surface area contributed by atoms with Crippen LogP contribution in [0.1, 0.15) is 46.6 Å². The van der Waals surface area contributed by atoms with Gasteiger partial charge < -0.3 is 29.5 Å². The number of nitrogens with one attached hydrogen (secondary N) is 1. The number of nitrogens with zero attached hydrogens (tertiary/aromatic N) is 8. The second-order valence-electron chi connectivity index (χ2n) is 12.4. The maximum atomic E-state index is 14.2. The van der Waals surface area contributed by atoms with Crippen molar-refractivity contribution in [3.8, 4) is 5.75 Å². The highest BCUT2D eigenvalue weighted by atomic mass is 19.4. The van der Waals surface area contributed by atoms with Crippen LogP contribution in [-0.4, -0.2) is 90.3 Å². The van der Waals surface area contributed by atoms with E-state index in [0.29, 0.717) is 37.6 Å². The molecule has 7 rings (SSSR count). The summed E-state index contributed by atoms with van der Waals surface area (Å²) < 4.78 is 49.5. The number of carbonyl (C=O) groups is 2. The van der Waals surface area contributed by atoms with E-state index in [2.05, 4.69) is 20.4 Å². The number of piperazine rings is 1. The van der Waals surface area contributed by atoms with Gasteiger partial charge in [0.2, 0.25) is 11.7 Å². The van der Waals surface area contributed by atoms with Crippen LogP contribution in [0.25, 0.3) is 22.1 Å². The van der Waals surface area contributed by atoms with E-state index < -0.39 is 29.1 Å². The van der Waals surface area contributed by atoms with Crippen LogP contribution in [0.5, 0.6) is 5.75 Å². The zero-order chi connectivity index (χ0) is 36.7. The molecule has 5 heterocycles. The molecule has 2 aliphatic heterocycles. The number of alkyl halides is 3. The summed E-state index contributed by atoms with van der Waals surface area (Å²) in [6, 6.07) is 8.13. The lowest BCUT2D eigenvalue weighted by molar-refractivity contribution is -0.136. The molecule has 270 valence electrons. The number of fused-ring (bicyclic) bond motifs is 2. The van der Waals surface area contributed by atoms with E-state index in [0.717, 1.165) is 11.6 Å². The van der Waals surface area contributed by atoms with Crippen molar-refractivity contribution in [1.82, 2.24) is 34.0 Å². The first-order valence-corrected chi connectivity index (χ1v) is 16.7. The molecule has 1 saturated heterocycles. The molecule has 0 aliphatic carbocycles. The first-order chi connectivity index (χ1) is 25.0. The number of aryl methyl sites for hydroxylation is 1. The number of aromatic nitrogens is 6. The highest BCUT2D eigenvalue weighted by Gasteiger charge is 2.34. The van der Waals surface area contributed by atoms with Crippen molar-refractivity contribution < 1.29 is 32.6 Å².